The largest absolute Gasteiger partial charge is 0.341 e. The van der Waals surface area contributed by atoms with Crippen LogP contribution in [0.4, 0.5) is 0 Å². The van der Waals surface area contributed by atoms with Crippen molar-refractivity contribution < 1.29 is 9.59 Å². The van der Waals surface area contributed by atoms with Crippen LogP contribution in [0.2, 0.25) is 0 Å². The van der Waals surface area contributed by atoms with E-state index in [9.17, 15) is 9.59 Å². The molecule has 2 aromatic carbocycles. The van der Waals surface area contributed by atoms with Crippen LogP contribution < -0.4 is 0 Å². The number of fused-ring (bicyclic) bond motifs is 1. The second kappa shape index (κ2) is 10.4. The van der Waals surface area contributed by atoms with Gasteiger partial charge < -0.3 is 14.4 Å². The number of amides is 2. The van der Waals surface area contributed by atoms with E-state index >= 15 is 0 Å². The minimum Gasteiger partial charge on any atom is -0.341 e. The monoisotopic (exact) mass is 460 g/mol. The molecule has 0 unspecified atom stereocenters. The summed E-state index contributed by atoms with van der Waals surface area (Å²) in [6.07, 6.45) is 0.423. The highest BCUT2D eigenvalue weighted by Crippen LogP contribution is 2.31. The molecular formula is C28H36N4O2. The molecular weight excluding hydrogens is 424 g/mol. The molecule has 1 aliphatic rings. The third kappa shape index (κ3) is 5.49. The molecule has 6 nitrogen and oxygen atoms in total. The number of carbonyl (C=O) groups excluding carboxylic acids is 2. The molecule has 0 N–H and O–H groups in total. The summed E-state index contributed by atoms with van der Waals surface area (Å²) in [6.45, 7) is 11.5. The van der Waals surface area contributed by atoms with Gasteiger partial charge in [-0.1, -0.05) is 70.2 Å². The lowest BCUT2D eigenvalue weighted by Crippen LogP contribution is -2.39. The second-order valence-corrected chi connectivity index (χ2v) is 10.3. The molecule has 3 aromatic rings. The molecule has 1 saturated heterocycles. The molecule has 34 heavy (non-hydrogen) atoms. The third-order valence-corrected chi connectivity index (χ3v) is 6.30. The Morgan fingerprint density at radius 1 is 1.00 bits per heavy atom. The van der Waals surface area contributed by atoms with Crippen LogP contribution >= 0.6 is 0 Å². The third-order valence-electron chi connectivity index (χ3n) is 6.30. The van der Waals surface area contributed by atoms with Crippen molar-refractivity contribution in [3.63, 3.8) is 0 Å². The van der Waals surface area contributed by atoms with Crippen molar-refractivity contribution in [2.24, 2.45) is 11.8 Å². The van der Waals surface area contributed by atoms with E-state index < -0.39 is 0 Å². The van der Waals surface area contributed by atoms with Crippen molar-refractivity contribution in [1.29, 1.82) is 0 Å². The Morgan fingerprint density at radius 3 is 2.32 bits per heavy atom. The van der Waals surface area contributed by atoms with Crippen LogP contribution in [-0.2, 0) is 22.7 Å². The van der Waals surface area contributed by atoms with Crippen LogP contribution in [0.25, 0.3) is 11.0 Å². The van der Waals surface area contributed by atoms with E-state index in [4.69, 9.17) is 4.98 Å². The van der Waals surface area contributed by atoms with Gasteiger partial charge in [-0.15, -0.1) is 0 Å². The van der Waals surface area contributed by atoms with Gasteiger partial charge in [-0.3, -0.25) is 9.59 Å². The van der Waals surface area contributed by atoms with Gasteiger partial charge in [0.1, 0.15) is 12.4 Å². The Morgan fingerprint density at radius 2 is 1.65 bits per heavy atom. The van der Waals surface area contributed by atoms with Crippen LogP contribution in [0.15, 0.2) is 54.6 Å². The van der Waals surface area contributed by atoms with Gasteiger partial charge in [-0.2, -0.15) is 0 Å². The van der Waals surface area contributed by atoms with Crippen LogP contribution in [-0.4, -0.2) is 50.8 Å². The number of carbonyl (C=O) groups is 2. The van der Waals surface area contributed by atoms with Gasteiger partial charge in [0.15, 0.2) is 0 Å². The van der Waals surface area contributed by atoms with E-state index in [1.807, 2.05) is 64.4 Å². The number of hydrogen-bond acceptors (Lipinski definition) is 3. The number of aromatic nitrogens is 2. The first-order chi connectivity index (χ1) is 16.3. The lowest BCUT2D eigenvalue weighted by molar-refractivity contribution is -0.133. The molecule has 1 aliphatic heterocycles. The quantitative estimate of drug-likeness (QED) is 0.465. The first-order valence-corrected chi connectivity index (χ1v) is 12.4. The maximum absolute atomic E-state index is 13.5. The lowest BCUT2D eigenvalue weighted by atomic mass is 10.1. The van der Waals surface area contributed by atoms with Gasteiger partial charge in [0.2, 0.25) is 11.8 Å². The summed E-state index contributed by atoms with van der Waals surface area (Å²) >= 11 is 0. The van der Waals surface area contributed by atoms with E-state index in [2.05, 4.69) is 32.3 Å². The fraction of sp³-hybridized carbons (Fsp3) is 0.464. The highest BCUT2D eigenvalue weighted by atomic mass is 16.2. The van der Waals surface area contributed by atoms with Crippen LogP contribution in [0.3, 0.4) is 0 Å². The maximum atomic E-state index is 13.5. The molecule has 1 fully saturated rings. The van der Waals surface area contributed by atoms with Crippen molar-refractivity contribution in [2.75, 3.05) is 19.6 Å². The van der Waals surface area contributed by atoms with Gasteiger partial charge >= 0.3 is 0 Å². The Labute approximate surface area is 202 Å². The number of benzene rings is 2. The van der Waals surface area contributed by atoms with Crippen molar-refractivity contribution >= 4 is 22.8 Å². The zero-order chi connectivity index (χ0) is 24.2. The Bertz CT molecular complexity index is 1130. The molecule has 1 atom stereocenters. The normalized spacial score (nSPS) is 16.2. The van der Waals surface area contributed by atoms with Gasteiger partial charge in [0.25, 0.3) is 0 Å². The first kappa shape index (κ1) is 24.0. The predicted molar refractivity (Wildman–Crippen MR) is 135 cm³/mol. The molecule has 0 spiro atoms. The Hall–Kier alpha value is -3.15. The van der Waals surface area contributed by atoms with E-state index in [0.717, 1.165) is 35.5 Å². The van der Waals surface area contributed by atoms with E-state index in [1.54, 1.807) is 0 Å². The summed E-state index contributed by atoms with van der Waals surface area (Å²) in [7, 11) is 0. The van der Waals surface area contributed by atoms with Crippen molar-refractivity contribution in [3.8, 4) is 0 Å². The van der Waals surface area contributed by atoms with E-state index in [0.29, 0.717) is 31.3 Å². The number of hydrogen-bond donors (Lipinski definition) is 0. The average Bonchev–Trinajstić information content (AvgIpc) is 3.34. The van der Waals surface area contributed by atoms with Crippen molar-refractivity contribution in [1.82, 2.24) is 19.4 Å². The molecule has 0 radical (unpaired) electrons. The summed E-state index contributed by atoms with van der Waals surface area (Å²) in [5.74, 6) is 1.87. The average molecular weight is 461 g/mol. The Balaban J connectivity index is 1.60. The van der Waals surface area contributed by atoms with Crippen LogP contribution in [0, 0.1) is 11.8 Å². The standard InChI is InChI=1S/C28H36N4O2/c1-20(2)15-30(16-21(3)4)27(34)19-32-25-13-9-8-12-24(25)29-28(32)23-14-26(33)31(18-23)17-22-10-6-5-7-11-22/h5-13,20-21,23H,14-19H2,1-4H3/t23-/m0/s1. The molecule has 6 heteroatoms. The SMILES string of the molecule is CC(C)CN(CC(C)C)C(=O)Cn1c([C@H]2CC(=O)N(Cc3ccccc3)C2)nc2ccccc21. The van der Waals surface area contributed by atoms with Gasteiger partial charge in [-0.25, -0.2) is 4.98 Å². The fourth-order valence-electron chi connectivity index (χ4n) is 4.87. The summed E-state index contributed by atoms with van der Waals surface area (Å²) in [5.41, 5.74) is 2.95. The van der Waals surface area contributed by atoms with E-state index in [-0.39, 0.29) is 24.3 Å². The number of para-hydroxylation sites is 2. The van der Waals surface area contributed by atoms with Crippen LogP contribution in [0.1, 0.15) is 51.4 Å². The highest BCUT2D eigenvalue weighted by Gasteiger charge is 2.34. The summed E-state index contributed by atoms with van der Waals surface area (Å²) in [5, 5.41) is 0. The number of nitrogens with zero attached hydrogens (tertiary/aromatic N) is 4. The number of imidazole rings is 1. The smallest absolute Gasteiger partial charge is 0.242 e. The molecule has 2 amide bonds. The molecule has 0 aliphatic carbocycles. The number of rotatable bonds is 9. The first-order valence-electron chi connectivity index (χ1n) is 12.4. The van der Waals surface area contributed by atoms with Crippen molar-refractivity contribution in [2.45, 2.75) is 53.1 Å². The van der Waals surface area contributed by atoms with Gasteiger partial charge in [0, 0.05) is 38.5 Å². The van der Waals surface area contributed by atoms with E-state index in [1.165, 1.54) is 0 Å². The van der Waals surface area contributed by atoms with Crippen LogP contribution in [0.5, 0.6) is 0 Å². The molecule has 4 rings (SSSR count). The van der Waals surface area contributed by atoms with Crippen molar-refractivity contribution in [3.05, 3.63) is 66.0 Å². The predicted octanol–water partition coefficient (Wildman–Crippen LogP) is 4.69. The maximum Gasteiger partial charge on any atom is 0.242 e. The second-order valence-electron chi connectivity index (χ2n) is 10.3. The highest BCUT2D eigenvalue weighted by molar-refractivity contribution is 5.83. The molecule has 0 saturated carbocycles. The molecule has 0 bridgehead atoms. The van der Waals surface area contributed by atoms with Gasteiger partial charge in [0.05, 0.1) is 11.0 Å². The zero-order valence-electron chi connectivity index (χ0n) is 20.8. The summed E-state index contributed by atoms with van der Waals surface area (Å²) in [4.78, 5) is 35.1. The molecule has 2 heterocycles. The topological polar surface area (TPSA) is 58.4 Å². The minimum absolute atomic E-state index is 0.0277. The summed E-state index contributed by atoms with van der Waals surface area (Å²) < 4.78 is 2.05. The Kier molecular flexibility index (Phi) is 7.35. The van der Waals surface area contributed by atoms with Gasteiger partial charge in [-0.05, 0) is 29.5 Å². The number of likely N-dealkylation sites (tertiary alicyclic amines) is 1. The summed E-state index contributed by atoms with van der Waals surface area (Å²) in [6, 6.07) is 18.0. The molecule has 180 valence electrons. The molecule has 1 aromatic heterocycles. The minimum atomic E-state index is -0.0277. The fourth-order valence-corrected chi connectivity index (χ4v) is 4.87. The lowest BCUT2D eigenvalue weighted by Gasteiger charge is -2.27. The zero-order valence-corrected chi connectivity index (χ0v) is 20.8.